The van der Waals surface area contributed by atoms with Crippen LogP contribution >= 0.6 is 39.0 Å². The van der Waals surface area contributed by atoms with Gasteiger partial charge in [-0.2, -0.15) is 0 Å². The van der Waals surface area contributed by atoms with Crippen LogP contribution < -0.4 is 5.43 Å². The first kappa shape index (κ1) is 12.9. The Bertz CT molecular complexity index is 578. The van der Waals surface area contributed by atoms with Crippen LogP contribution in [-0.2, 0) is 0 Å². The zero-order chi connectivity index (χ0) is 12.3. The maximum atomic E-state index is 11.6. The molecule has 0 saturated heterocycles. The summed E-state index contributed by atoms with van der Waals surface area (Å²) in [6, 6.07) is 11.4. The summed E-state index contributed by atoms with van der Waals surface area (Å²) in [7, 11) is 0. The molecule has 0 aliphatic heterocycles. The quantitative estimate of drug-likeness (QED) is 0.763. The van der Waals surface area contributed by atoms with E-state index in [4.69, 9.17) is 0 Å². The van der Waals surface area contributed by atoms with Gasteiger partial charge in [-0.25, -0.2) is 0 Å². The van der Waals surface area contributed by atoms with E-state index >= 15 is 0 Å². The largest absolute Gasteiger partial charge is 0.290 e. The number of rotatable bonds is 3. The number of halogens is 1. The third-order valence-electron chi connectivity index (χ3n) is 2.14. The van der Waals surface area contributed by atoms with Gasteiger partial charge < -0.3 is 0 Å². The van der Waals surface area contributed by atoms with Crippen molar-refractivity contribution in [3.05, 3.63) is 51.1 Å². The van der Waals surface area contributed by atoms with E-state index in [2.05, 4.69) is 22.9 Å². The van der Waals surface area contributed by atoms with Crippen molar-refractivity contribution >= 4 is 39.0 Å². The van der Waals surface area contributed by atoms with E-state index in [0.29, 0.717) is 0 Å². The molecule has 0 radical (unpaired) electrons. The average molecular weight is 327 g/mol. The van der Waals surface area contributed by atoms with Gasteiger partial charge in [0.1, 0.15) is 0 Å². The van der Waals surface area contributed by atoms with Crippen molar-refractivity contribution in [3.63, 3.8) is 0 Å². The maximum Gasteiger partial charge on any atom is 0.182 e. The Labute approximate surface area is 117 Å². The van der Waals surface area contributed by atoms with Crippen LogP contribution in [0.15, 0.2) is 49.9 Å². The molecular formula is C13H11BrOS2. The van der Waals surface area contributed by atoms with Gasteiger partial charge in [-0.1, -0.05) is 35.0 Å². The van der Waals surface area contributed by atoms with Crippen molar-refractivity contribution in [2.75, 3.05) is 5.75 Å². The van der Waals surface area contributed by atoms with Gasteiger partial charge in [0.2, 0.25) is 0 Å². The molecule has 2 aromatic rings. The highest BCUT2D eigenvalue weighted by atomic mass is 79.9. The molecule has 17 heavy (non-hydrogen) atoms. The van der Waals surface area contributed by atoms with Crippen LogP contribution in [0.2, 0.25) is 0 Å². The van der Waals surface area contributed by atoms with E-state index in [1.54, 1.807) is 35.2 Å². The van der Waals surface area contributed by atoms with Crippen LogP contribution in [0.4, 0.5) is 0 Å². The van der Waals surface area contributed by atoms with E-state index < -0.39 is 0 Å². The lowest BCUT2D eigenvalue weighted by Crippen LogP contribution is -1.96. The second kappa shape index (κ2) is 5.85. The van der Waals surface area contributed by atoms with Crippen LogP contribution in [0.3, 0.4) is 0 Å². The van der Waals surface area contributed by atoms with Gasteiger partial charge in [0.15, 0.2) is 5.43 Å². The summed E-state index contributed by atoms with van der Waals surface area (Å²) in [6.07, 6.45) is 0. The lowest BCUT2D eigenvalue weighted by atomic mass is 10.2. The third-order valence-corrected chi connectivity index (χ3v) is 4.82. The molecule has 0 spiro atoms. The topological polar surface area (TPSA) is 17.1 Å². The fourth-order valence-corrected chi connectivity index (χ4v) is 4.01. The maximum absolute atomic E-state index is 11.6. The van der Waals surface area contributed by atoms with Crippen LogP contribution in [0, 0.1) is 0 Å². The van der Waals surface area contributed by atoms with E-state index in [-0.39, 0.29) is 5.43 Å². The molecule has 0 atom stereocenters. The molecule has 4 heteroatoms. The monoisotopic (exact) mass is 326 g/mol. The minimum atomic E-state index is 0.0784. The zero-order valence-corrected chi connectivity index (χ0v) is 12.5. The van der Waals surface area contributed by atoms with Gasteiger partial charge in [0.05, 0.1) is 4.21 Å². The summed E-state index contributed by atoms with van der Waals surface area (Å²) in [5.41, 5.74) is 1.16. The molecule has 2 rings (SSSR count). The van der Waals surface area contributed by atoms with E-state index in [9.17, 15) is 4.79 Å². The van der Waals surface area contributed by atoms with Crippen molar-refractivity contribution in [3.8, 4) is 10.4 Å². The summed E-state index contributed by atoms with van der Waals surface area (Å²) in [5, 5.41) is 0. The SMILES string of the molecule is CCSc1cc(=O)cc(-c2cccc(Br)c2)s1. The molecule has 0 fully saturated rings. The predicted molar refractivity (Wildman–Crippen MR) is 80.1 cm³/mol. The highest BCUT2D eigenvalue weighted by Gasteiger charge is 2.03. The molecule has 0 saturated carbocycles. The minimum Gasteiger partial charge on any atom is -0.290 e. The number of hydrogen-bond donors (Lipinski definition) is 0. The molecule has 0 unspecified atom stereocenters. The highest BCUT2D eigenvalue weighted by Crippen LogP contribution is 2.31. The van der Waals surface area contributed by atoms with Crippen LogP contribution in [0.5, 0.6) is 0 Å². The molecule has 1 heterocycles. The molecule has 0 aliphatic rings. The molecule has 1 nitrogen and oxygen atoms in total. The van der Waals surface area contributed by atoms with Crippen LogP contribution in [0.1, 0.15) is 6.92 Å². The molecule has 1 aromatic carbocycles. The summed E-state index contributed by atoms with van der Waals surface area (Å²) in [4.78, 5) is 12.6. The van der Waals surface area contributed by atoms with Gasteiger partial charge in [-0.3, -0.25) is 4.79 Å². The second-order valence-electron chi connectivity index (χ2n) is 3.42. The van der Waals surface area contributed by atoms with Gasteiger partial charge in [-0.15, -0.1) is 23.1 Å². The van der Waals surface area contributed by atoms with Gasteiger partial charge in [-0.05, 0) is 23.4 Å². The molecular weight excluding hydrogens is 316 g/mol. The fraction of sp³-hybridized carbons (Fsp3) is 0.154. The Morgan fingerprint density at radius 1 is 1.29 bits per heavy atom. The highest BCUT2D eigenvalue weighted by molar-refractivity contribution is 9.10. The smallest absolute Gasteiger partial charge is 0.182 e. The molecule has 88 valence electrons. The van der Waals surface area contributed by atoms with Gasteiger partial charge >= 0.3 is 0 Å². The third kappa shape index (κ3) is 3.44. The Kier molecular flexibility index (Phi) is 4.42. The lowest BCUT2D eigenvalue weighted by molar-refractivity contribution is 1.49. The Balaban J connectivity index is 2.48. The fourth-order valence-electron chi connectivity index (χ4n) is 1.45. The molecule has 0 aliphatic carbocycles. The van der Waals surface area contributed by atoms with E-state index in [1.807, 2.05) is 24.3 Å². The summed E-state index contributed by atoms with van der Waals surface area (Å²) < 4.78 is 2.11. The normalized spacial score (nSPS) is 10.5. The molecule has 0 N–H and O–H groups in total. The lowest BCUT2D eigenvalue weighted by Gasteiger charge is -2.03. The molecule has 0 bridgehead atoms. The first-order valence-electron chi connectivity index (χ1n) is 5.23. The van der Waals surface area contributed by atoms with Crippen molar-refractivity contribution in [2.45, 2.75) is 11.1 Å². The first-order chi connectivity index (χ1) is 8.19. The van der Waals surface area contributed by atoms with Crippen molar-refractivity contribution < 1.29 is 0 Å². The van der Waals surface area contributed by atoms with Gasteiger partial charge in [0.25, 0.3) is 0 Å². The molecule has 0 amide bonds. The van der Waals surface area contributed by atoms with Crippen molar-refractivity contribution in [2.24, 2.45) is 0 Å². The van der Waals surface area contributed by atoms with Crippen LogP contribution in [0.25, 0.3) is 10.4 Å². The Hall–Kier alpha value is -0.580. The summed E-state index contributed by atoms with van der Waals surface area (Å²) >= 11 is 6.82. The number of hydrogen-bond acceptors (Lipinski definition) is 3. The van der Waals surface area contributed by atoms with Gasteiger partial charge in [0, 0.05) is 21.5 Å². The zero-order valence-electron chi connectivity index (χ0n) is 9.27. The number of thioether (sulfide) groups is 1. The van der Waals surface area contributed by atoms with E-state index in [1.165, 1.54) is 0 Å². The second-order valence-corrected chi connectivity index (χ2v) is 6.98. The first-order valence-corrected chi connectivity index (χ1v) is 7.82. The van der Waals surface area contributed by atoms with E-state index in [0.717, 1.165) is 24.9 Å². The number of benzene rings is 1. The summed E-state index contributed by atoms with van der Waals surface area (Å²) in [6.45, 7) is 2.09. The Morgan fingerprint density at radius 2 is 2.12 bits per heavy atom. The Morgan fingerprint density at radius 3 is 2.82 bits per heavy atom. The summed E-state index contributed by atoms with van der Waals surface area (Å²) in [5.74, 6) is 0.984. The van der Waals surface area contributed by atoms with Crippen LogP contribution in [-0.4, -0.2) is 5.75 Å². The predicted octanol–water partition coefficient (Wildman–Crippen LogP) is 4.65. The minimum absolute atomic E-state index is 0.0784. The molecule has 1 aromatic heterocycles. The van der Waals surface area contributed by atoms with Crippen molar-refractivity contribution in [1.82, 2.24) is 0 Å². The average Bonchev–Trinajstić information content (AvgIpc) is 2.28. The van der Waals surface area contributed by atoms with Crippen molar-refractivity contribution in [1.29, 1.82) is 0 Å². The standard InChI is InChI=1S/C13H11BrOS2/c1-2-16-13-8-11(15)7-12(17-13)9-4-3-5-10(14)6-9/h3-8H,2H2,1H3.